The summed E-state index contributed by atoms with van der Waals surface area (Å²) in [7, 11) is 0. The van der Waals surface area contributed by atoms with Gasteiger partial charge in [0.1, 0.15) is 0 Å². The Balaban J connectivity index is 1.77. The lowest BCUT2D eigenvalue weighted by Gasteiger charge is -2.16. The second-order valence-electron chi connectivity index (χ2n) is 5.80. The summed E-state index contributed by atoms with van der Waals surface area (Å²) in [5.41, 5.74) is 0.942. The molecule has 0 saturated heterocycles. The lowest BCUT2D eigenvalue weighted by molar-refractivity contribution is -0.125. The van der Waals surface area contributed by atoms with Gasteiger partial charge in [-0.05, 0) is 33.6 Å². The molecule has 1 atom stereocenters. The van der Waals surface area contributed by atoms with Crippen LogP contribution in [0.5, 0.6) is 0 Å². The van der Waals surface area contributed by atoms with E-state index in [0.717, 1.165) is 36.3 Å². The second-order valence-corrected chi connectivity index (χ2v) is 7.01. The van der Waals surface area contributed by atoms with Crippen LogP contribution in [0, 0.1) is 19.8 Å². The first kappa shape index (κ1) is 15.9. The maximum Gasteiger partial charge on any atom is 0.228 e. The number of aryl methyl sites for hydroxylation is 2. The number of anilines is 1. The Bertz CT molecular complexity index is 501. The normalized spacial score (nSPS) is 16.7. The monoisotopic (exact) mass is 309 g/mol. The van der Waals surface area contributed by atoms with Gasteiger partial charge >= 0.3 is 0 Å². The number of rotatable bonds is 5. The van der Waals surface area contributed by atoms with Crippen LogP contribution in [0.2, 0.25) is 0 Å². The Morgan fingerprint density at radius 2 is 2.00 bits per heavy atom. The quantitative estimate of drug-likeness (QED) is 0.878. The Morgan fingerprint density at radius 3 is 2.57 bits per heavy atom. The van der Waals surface area contributed by atoms with Crippen molar-refractivity contribution in [3.05, 3.63) is 10.6 Å². The molecule has 2 rings (SSSR count). The van der Waals surface area contributed by atoms with Crippen LogP contribution in [0.1, 0.15) is 49.6 Å². The van der Waals surface area contributed by atoms with E-state index in [1.807, 2.05) is 20.8 Å². The highest BCUT2D eigenvalue weighted by Gasteiger charge is 2.24. The predicted molar refractivity (Wildman–Crippen MR) is 84.4 cm³/mol. The number of hydrogen-bond acceptors (Lipinski definition) is 4. The largest absolute Gasteiger partial charge is 0.353 e. The lowest BCUT2D eigenvalue weighted by atomic mass is 10.1. The Morgan fingerprint density at radius 1 is 1.33 bits per heavy atom. The molecule has 6 heteroatoms. The number of carbonyl (C=O) groups excluding carboxylic acids is 2. The number of amides is 2. The first-order chi connectivity index (χ1) is 9.95. The molecule has 0 aliphatic heterocycles. The average Bonchev–Trinajstić information content (AvgIpc) is 3.00. The fraction of sp³-hybridized carbons (Fsp3) is 0.667. The minimum absolute atomic E-state index is 0.0914. The highest BCUT2D eigenvalue weighted by Crippen LogP contribution is 2.25. The van der Waals surface area contributed by atoms with Crippen LogP contribution in [0.25, 0.3) is 0 Å². The summed E-state index contributed by atoms with van der Waals surface area (Å²) in [5.74, 6) is 0.122. The van der Waals surface area contributed by atoms with E-state index >= 15 is 0 Å². The zero-order valence-corrected chi connectivity index (χ0v) is 13.7. The molecule has 0 unspecified atom stereocenters. The van der Waals surface area contributed by atoms with Gasteiger partial charge in [-0.25, -0.2) is 4.98 Å². The molecule has 2 N–H and O–H groups in total. The summed E-state index contributed by atoms with van der Waals surface area (Å²) in [6.45, 7) is 5.77. The molecular formula is C15H23N3O2S. The number of nitrogens with zero attached hydrogens (tertiary/aromatic N) is 1. The third kappa shape index (κ3) is 4.52. The van der Waals surface area contributed by atoms with Crippen LogP contribution in [0.15, 0.2) is 0 Å². The van der Waals surface area contributed by atoms with Gasteiger partial charge in [0.05, 0.1) is 5.69 Å². The van der Waals surface area contributed by atoms with Gasteiger partial charge in [0.2, 0.25) is 11.8 Å². The minimum Gasteiger partial charge on any atom is -0.353 e. The molecule has 2 amide bonds. The van der Waals surface area contributed by atoms with Crippen LogP contribution >= 0.6 is 11.3 Å². The van der Waals surface area contributed by atoms with Crippen molar-refractivity contribution in [2.24, 2.45) is 5.92 Å². The molecule has 1 aliphatic rings. The average molecular weight is 309 g/mol. The molecule has 1 aliphatic carbocycles. The van der Waals surface area contributed by atoms with E-state index in [2.05, 4.69) is 15.6 Å². The molecule has 0 radical (unpaired) electrons. The van der Waals surface area contributed by atoms with E-state index < -0.39 is 0 Å². The number of aromatic nitrogens is 1. The molecule has 1 heterocycles. The Hall–Kier alpha value is -1.43. The van der Waals surface area contributed by atoms with E-state index in [4.69, 9.17) is 0 Å². The summed E-state index contributed by atoms with van der Waals surface area (Å²) in [6, 6.07) is -0.153. The van der Waals surface area contributed by atoms with Crippen molar-refractivity contribution in [3.8, 4) is 0 Å². The van der Waals surface area contributed by atoms with E-state index in [9.17, 15) is 9.59 Å². The molecule has 0 spiro atoms. The molecule has 21 heavy (non-hydrogen) atoms. The third-order valence-electron chi connectivity index (χ3n) is 3.88. The van der Waals surface area contributed by atoms with Gasteiger partial charge in [0.25, 0.3) is 0 Å². The zero-order valence-electron chi connectivity index (χ0n) is 12.9. The fourth-order valence-electron chi connectivity index (χ4n) is 2.57. The predicted octanol–water partition coefficient (Wildman–Crippen LogP) is 2.78. The van der Waals surface area contributed by atoms with Crippen molar-refractivity contribution < 1.29 is 9.59 Å². The molecule has 1 aromatic rings. The van der Waals surface area contributed by atoms with E-state index in [1.54, 1.807) is 0 Å². The number of hydrogen-bond donors (Lipinski definition) is 2. The number of nitrogens with one attached hydrogen (secondary N) is 2. The van der Waals surface area contributed by atoms with Gasteiger partial charge in [-0.1, -0.05) is 12.8 Å². The molecule has 1 saturated carbocycles. The maximum atomic E-state index is 12.0. The van der Waals surface area contributed by atoms with Crippen LogP contribution in [0.3, 0.4) is 0 Å². The summed E-state index contributed by atoms with van der Waals surface area (Å²) in [4.78, 5) is 29.3. The fourth-order valence-corrected chi connectivity index (χ4v) is 3.41. The van der Waals surface area contributed by atoms with Crippen molar-refractivity contribution >= 4 is 28.3 Å². The molecule has 5 nitrogen and oxygen atoms in total. The van der Waals surface area contributed by atoms with Gasteiger partial charge in [-0.2, -0.15) is 0 Å². The molecule has 1 aromatic heterocycles. The van der Waals surface area contributed by atoms with Gasteiger partial charge in [-0.15, -0.1) is 11.3 Å². The van der Waals surface area contributed by atoms with Crippen molar-refractivity contribution in [2.45, 2.75) is 58.9 Å². The van der Waals surface area contributed by atoms with Crippen LogP contribution in [-0.2, 0) is 9.59 Å². The minimum atomic E-state index is -0.153. The first-order valence-corrected chi connectivity index (χ1v) is 8.31. The topological polar surface area (TPSA) is 71.1 Å². The highest BCUT2D eigenvalue weighted by molar-refractivity contribution is 7.15. The maximum absolute atomic E-state index is 12.0. The van der Waals surface area contributed by atoms with Gasteiger partial charge < -0.3 is 10.6 Å². The molecule has 0 aromatic carbocycles. The number of thiazole rings is 1. The SMILES string of the molecule is Cc1nc(NC(=O)C[C@@H](C)NC(=O)C2CCCC2)sc1C. The van der Waals surface area contributed by atoms with Crippen LogP contribution in [0.4, 0.5) is 5.13 Å². The zero-order chi connectivity index (χ0) is 15.4. The second kappa shape index (κ2) is 7.02. The van der Waals surface area contributed by atoms with Crippen molar-refractivity contribution in [1.82, 2.24) is 10.3 Å². The molecular weight excluding hydrogens is 286 g/mol. The Kier molecular flexibility index (Phi) is 5.33. The smallest absolute Gasteiger partial charge is 0.228 e. The summed E-state index contributed by atoms with van der Waals surface area (Å²) in [5, 5.41) is 6.36. The third-order valence-corrected chi connectivity index (χ3v) is 4.87. The first-order valence-electron chi connectivity index (χ1n) is 7.50. The number of carbonyl (C=O) groups is 2. The van der Waals surface area contributed by atoms with Crippen molar-refractivity contribution in [3.63, 3.8) is 0 Å². The van der Waals surface area contributed by atoms with Crippen LogP contribution < -0.4 is 10.6 Å². The van der Waals surface area contributed by atoms with E-state index in [-0.39, 0.29) is 30.2 Å². The summed E-state index contributed by atoms with van der Waals surface area (Å²) >= 11 is 1.47. The Labute approximate surface area is 129 Å². The van der Waals surface area contributed by atoms with Gasteiger partial charge in [0, 0.05) is 23.3 Å². The standard InChI is InChI=1S/C15H23N3O2S/c1-9(16-14(20)12-6-4-5-7-12)8-13(19)18-15-17-10(2)11(3)21-15/h9,12H,4-8H2,1-3H3,(H,16,20)(H,17,18,19)/t9-/m1/s1. The van der Waals surface area contributed by atoms with Crippen molar-refractivity contribution in [2.75, 3.05) is 5.32 Å². The summed E-state index contributed by atoms with van der Waals surface area (Å²) < 4.78 is 0. The molecule has 116 valence electrons. The van der Waals surface area contributed by atoms with E-state index in [1.165, 1.54) is 11.3 Å². The summed E-state index contributed by atoms with van der Waals surface area (Å²) in [6.07, 6.45) is 4.49. The van der Waals surface area contributed by atoms with Gasteiger partial charge in [0.15, 0.2) is 5.13 Å². The lowest BCUT2D eigenvalue weighted by Crippen LogP contribution is -2.38. The molecule has 1 fully saturated rings. The van der Waals surface area contributed by atoms with Crippen molar-refractivity contribution in [1.29, 1.82) is 0 Å². The highest BCUT2D eigenvalue weighted by atomic mass is 32.1. The molecule has 0 bridgehead atoms. The van der Waals surface area contributed by atoms with Crippen LogP contribution in [-0.4, -0.2) is 22.8 Å². The van der Waals surface area contributed by atoms with E-state index in [0.29, 0.717) is 5.13 Å². The van der Waals surface area contributed by atoms with Gasteiger partial charge in [-0.3, -0.25) is 9.59 Å².